The highest BCUT2D eigenvalue weighted by Gasteiger charge is 2.44. The van der Waals surface area contributed by atoms with Crippen LogP contribution < -0.4 is 4.90 Å². The predicted molar refractivity (Wildman–Crippen MR) is 76.7 cm³/mol. The van der Waals surface area contributed by atoms with Crippen LogP contribution in [0.15, 0.2) is 24.3 Å². The second-order valence-corrected chi connectivity index (χ2v) is 5.69. The van der Waals surface area contributed by atoms with Gasteiger partial charge in [-0.2, -0.15) is 31.4 Å². The molecule has 5 nitrogen and oxygen atoms in total. The zero-order chi connectivity index (χ0) is 19.3. The first-order valence-electron chi connectivity index (χ1n) is 7.31. The van der Waals surface area contributed by atoms with Crippen LogP contribution in [-0.4, -0.2) is 27.4 Å². The van der Waals surface area contributed by atoms with E-state index in [0.29, 0.717) is 5.56 Å². The summed E-state index contributed by atoms with van der Waals surface area (Å²) in [6, 6.07) is 4.13. The van der Waals surface area contributed by atoms with Crippen molar-refractivity contribution in [3.8, 4) is 0 Å². The summed E-state index contributed by atoms with van der Waals surface area (Å²) >= 11 is 0. The van der Waals surface area contributed by atoms with Crippen molar-refractivity contribution in [2.75, 3.05) is 11.4 Å². The van der Waals surface area contributed by atoms with Crippen LogP contribution >= 0.6 is 0 Å². The number of anilines is 1. The van der Waals surface area contributed by atoms with E-state index < -0.39 is 35.1 Å². The molecule has 0 aliphatic carbocycles. The molecule has 2 heterocycles. The first-order chi connectivity index (χ1) is 12.0. The molecule has 1 aliphatic heterocycles. The summed E-state index contributed by atoms with van der Waals surface area (Å²) in [5.41, 5.74) is -2.89. The van der Waals surface area contributed by atoms with Gasteiger partial charge in [0.25, 0.3) is 0 Å². The van der Waals surface area contributed by atoms with Crippen molar-refractivity contribution in [1.29, 1.82) is 0 Å². The van der Waals surface area contributed by atoms with Crippen molar-refractivity contribution in [3.63, 3.8) is 0 Å². The minimum absolute atomic E-state index is 0.0403. The largest absolute Gasteiger partial charge is 0.477 e. The maximum atomic E-state index is 13.0. The van der Waals surface area contributed by atoms with E-state index in [1.165, 1.54) is 17.0 Å². The number of hydrogen-bond acceptors (Lipinski definition) is 3. The van der Waals surface area contributed by atoms with Gasteiger partial charge in [-0.25, -0.2) is 9.48 Å². The van der Waals surface area contributed by atoms with Crippen LogP contribution in [0.3, 0.4) is 0 Å². The molecule has 0 saturated heterocycles. The van der Waals surface area contributed by atoms with Gasteiger partial charge in [0.15, 0.2) is 5.69 Å². The number of alkyl halides is 6. The number of aromatic nitrogens is 2. The van der Waals surface area contributed by atoms with E-state index in [0.717, 1.165) is 16.8 Å². The molecular formula is C15H11F6N3O2. The third-order valence-corrected chi connectivity index (χ3v) is 3.94. The summed E-state index contributed by atoms with van der Waals surface area (Å²) in [6.45, 7) is 0.204. The maximum Gasteiger partial charge on any atom is 0.436 e. The Morgan fingerprint density at radius 1 is 1.04 bits per heavy atom. The Morgan fingerprint density at radius 2 is 1.65 bits per heavy atom. The molecule has 0 radical (unpaired) electrons. The second-order valence-electron chi connectivity index (χ2n) is 5.69. The number of carboxylic acid groups (broad SMARTS) is 1. The van der Waals surface area contributed by atoms with Crippen LogP contribution in [0.4, 0.5) is 32.2 Å². The summed E-state index contributed by atoms with van der Waals surface area (Å²) in [7, 11) is 0. The van der Waals surface area contributed by atoms with Crippen LogP contribution in [0.1, 0.15) is 27.2 Å². The topological polar surface area (TPSA) is 58.4 Å². The van der Waals surface area contributed by atoms with Gasteiger partial charge in [-0.3, -0.25) is 0 Å². The van der Waals surface area contributed by atoms with Gasteiger partial charge in [0.2, 0.25) is 0 Å². The Bertz CT molecular complexity index is 839. The Kier molecular flexibility index (Phi) is 4.12. The molecular weight excluding hydrogens is 368 g/mol. The average Bonchev–Trinajstić information content (AvgIpc) is 3.06. The molecule has 0 saturated carbocycles. The van der Waals surface area contributed by atoms with Gasteiger partial charge in [0.1, 0.15) is 11.4 Å². The molecule has 0 atom stereocenters. The lowest BCUT2D eigenvalue weighted by Gasteiger charge is -2.19. The zero-order valence-electron chi connectivity index (χ0n) is 12.9. The first-order valence-corrected chi connectivity index (χ1v) is 7.31. The smallest absolute Gasteiger partial charge is 0.436 e. The predicted octanol–water partition coefficient (Wildman–Crippen LogP) is 3.64. The molecule has 0 spiro atoms. The monoisotopic (exact) mass is 379 g/mol. The van der Waals surface area contributed by atoms with E-state index >= 15 is 0 Å². The van der Waals surface area contributed by atoms with E-state index in [2.05, 4.69) is 5.10 Å². The van der Waals surface area contributed by atoms with Gasteiger partial charge < -0.3 is 10.0 Å². The van der Waals surface area contributed by atoms with Crippen molar-refractivity contribution < 1.29 is 36.2 Å². The lowest BCUT2D eigenvalue weighted by Crippen LogP contribution is -2.23. The second kappa shape index (κ2) is 5.92. The molecule has 1 aromatic carbocycles. The molecule has 0 unspecified atom stereocenters. The molecule has 1 N–H and O–H groups in total. The molecule has 0 amide bonds. The van der Waals surface area contributed by atoms with Crippen molar-refractivity contribution in [2.45, 2.75) is 25.4 Å². The Balaban J connectivity index is 1.92. The molecule has 0 bridgehead atoms. The molecule has 11 heteroatoms. The van der Waals surface area contributed by atoms with Gasteiger partial charge in [0.05, 0.1) is 12.1 Å². The third kappa shape index (κ3) is 3.20. The molecule has 140 valence electrons. The zero-order valence-corrected chi connectivity index (χ0v) is 12.9. The summed E-state index contributed by atoms with van der Waals surface area (Å²) in [5, 5.41) is 12.5. The van der Waals surface area contributed by atoms with Gasteiger partial charge in [-0.15, -0.1) is 0 Å². The quantitative estimate of drug-likeness (QED) is 0.828. The van der Waals surface area contributed by atoms with Gasteiger partial charge in [-0.1, -0.05) is 12.1 Å². The number of halogens is 6. The van der Waals surface area contributed by atoms with Crippen LogP contribution in [0, 0.1) is 0 Å². The van der Waals surface area contributed by atoms with Crippen LogP contribution in [0.25, 0.3) is 0 Å². The fraction of sp³-hybridized carbons (Fsp3) is 0.333. The van der Waals surface area contributed by atoms with Crippen LogP contribution in [0.2, 0.25) is 0 Å². The molecule has 1 aliphatic rings. The highest BCUT2D eigenvalue weighted by Crippen LogP contribution is 2.38. The van der Waals surface area contributed by atoms with E-state index in [-0.39, 0.29) is 25.5 Å². The molecule has 3 rings (SSSR count). The fourth-order valence-corrected chi connectivity index (χ4v) is 2.82. The number of rotatable bonds is 3. The maximum absolute atomic E-state index is 13.0. The normalized spacial score (nSPS) is 14.6. The molecule has 1 aromatic heterocycles. The van der Waals surface area contributed by atoms with E-state index in [9.17, 15) is 36.2 Å². The number of hydrogen-bond donors (Lipinski definition) is 1. The van der Waals surface area contributed by atoms with Crippen molar-refractivity contribution >= 4 is 11.8 Å². The minimum atomic E-state index is -4.93. The van der Waals surface area contributed by atoms with Crippen molar-refractivity contribution in [3.05, 3.63) is 46.6 Å². The van der Waals surface area contributed by atoms with Crippen molar-refractivity contribution in [2.24, 2.45) is 0 Å². The lowest BCUT2D eigenvalue weighted by atomic mass is 10.1. The summed E-state index contributed by atoms with van der Waals surface area (Å²) in [5.74, 6) is -1.97. The number of carbonyl (C=O) groups is 1. The number of nitrogens with zero attached hydrogens (tertiary/aromatic N) is 3. The fourth-order valence-electron chi connectivity index (χ4n) is 2.82. The highest BCUT2D eigenvalue weighted by molar-refractivity contribution is 5.95. The molecule has 0 fully saturated rings. The Hall–Kier alpha value is -2.72. The SMILES string of the molecule is O=C(O)c1c(C(F)(F)F)nn2c1N(Cc1ccc(C(F)(F)F)cc1)CC2. The van der Waals surface area contributed by atoms with Crippen LogP contribution in [-0.2, 0) is 25.4 Å². The van der Waals surface area contributed by atoms with Gasteiger partial charge in [-0.05, 0) is 17.7 Å². The van der Waals surface area contributed by atoms with Crippen molar-refractivity contribution in [1.82, 2.24) is 9.78 Å². The van der Waals surface area contributed by atoms with Crippen LogP contribution in [0.5, 0.6) is 0 Å². The van der Waals surface area contributed by atoms with Gasteiger partial charge >= 0.3 is 18.3 Å². The average molecular weight is 379 g/mol. The summed E-state index contributed by atoms with van der Waals surface area (Å²) < 4.78 is 77.7. The van der Waals surface area contributed by atoms with E-state index in [4.69, 9.17) is 0 Å². The number of aromatic carboxylic acids is 1. The standard InChI is InChI=1S/C15H11F6N3O2/c16-14(17,18)9-3-1-8(2-4-9)7-23-5-6-24-12(23)10(13(25)26)11(22-24)15(19,20)21/h1-4H,5-7H2,(H,25,26). The van der Waals surface area contributed by atoms with Gasteiger partial charge in [0, 0.05) is 13.1 Å². The minimum Gasteiger partial charge on any atom is -0.477 e. The number of fused-ring (bicyclic) bond motifs is 1. The summed E-state index contributed by atoms with van der Waals surface area (Å²) in [4.78, 5) is 12.7. The molecule has 26 heavy (non-hydrogen) atoms. The Labute approximate surface area is 142 Å². The highest BCUT2D eigenvalue weighted by atomic mass is 19.4. The molecule has 2 aromatic rings. The van der Waals surface area contributed by atoms with E-state index in [1.54, 1.807) is 0 Å². The summed E-state index contributed by atoms with van der Waals surface area (Å²) in [6.07, 6.45) is -9.42. The first kappa shape index (κ1) is 18.1. The number of benzene rings is 1. The lowest BCUT2D eigenvalue weighted by molar-refractivity contribution is -0.142. The van der Waals surface area contributed by atoms with E-state index in [1.807, 2.05) is 0 Å². The Morgan fingerprint density at radius 3 is 2.15 bits per heavy atom. The third-order valence-electron chi connectivity index (χ3n) is 3.94. The number of carboxylic acids is 1.